The molecule has 1 rings (SSSR count). The number of aliphatic carboxylic acids is 2. The number of carbonyl (C=O) groups is 9. The quantitative estimate of drug-likeness (QED) is 0.0206. The topological polar surface area (TPSA) is 441 Å². The van der Waals surface area contributed by atoms with E-state index in [2.05, 4.69) is 41.9 Å². The molecule has 0 saturated carbocycles. The number of benzene rings is 1. The summed E-state index contributed by atoms with van der Waals surface area (Å²) in [5.74, 6) is -10.0. The fourth-order valence-corrected chi connectivity index (χ4v) is 5.87. The van der Waals surface area contributed by atoms with E-state index in [1.54, 1.807) is 13.8 Å². The Hall–Kier alpha value is -7.21. The van der Waals surface area contributed by atoms with Crippen LogP contribution in [-0.4, -0.2) is 130 Å². The highest BCUT2D eigenvalue weighted by Gasteiger charge is 2.34. The van der Waals surface area contributed by atoms with Crippen LogP contribution in [0.4, 0.5) is 0 Å². The van der Waals surface area contributed by atoms with Gasteiger partial charge in [-0.15, -0.1) is 0 Å². The predicted molar refractivity (Wildman–Crippen MR) is 227 cm³/mol. The molecule has 0 saturated heterocycles. The zero-order chi connectivity index (χ0) is 47.8. The summed E-state index contributed by atoms with van der Waals surface area (Å²) in [6, 6.07) is -3.25. The highest BCUT2D eigenvalue weighted by Crippen LogP contribution is 2.13. The maximum Gasteiger partial charge on any atom is 0.305 e. The Morgan fingerprint density at radius 3 is 1.40 bits per heavy atom. The van der Waals surface area contributed by atoms with Gasteiger partial charge in [0, 0.05) is 32.9 Å². The second kappa shape index (κ2) is 27.6. The molecule has 0 radical (unpaired) electrons. The molecule has 0 aliphatic carbocycles. The van der Waals surface area contributed by atoms with E-state index in [1.165, 1.54) is 24.3 Å². The van der Waals surface area contributed by atoms with Gasteiger partial charge in [0.1, 0.15) is 42.0 Å². The van der Waals surface area contributed by atoms with E-state index in [0.29, 0.717) is 5.56 Å². The Kier molecular flexibility index (Phi) is 23.6. The van der Waals surface area contributed by atoms with Crippen LogP contribution < -0.4 is 60.6 Å². The number of phenols is 1. The van der Waals surface area contributed by atoms with E-state index in [4.69, 9.17) is 33.8 Å². The van der Waals surface area contributed by atoms with Crippen molar-refractivity contribution in [2.75, 3.05) is 13.1 Å². The molecule has 1 aromatic carbocycles. The molecule has 25 nitrogen and oxygen atoms in total. The third-order valence-corrected chi connectivity index (χ3v) is 8.89. The third-order valence-electron chi connectivity index (χ3n) is 8.89. The lowest BCUT2D eigenvalue weighted by molar-refractivity contribution is -0.141. The van der Waals surface area contributed by atoms with Crippen molar-refractivity contribution in [2.24, 2.45) is 44.6 Å². The molecule has 350 valence electrons. The highest BCUT2D eigenvalue weighted by molar-refractivity contribution is 5.98. The van der Waals surface area contributed by atoms with E-state index in [-0.39, 0.29) is 75.2 Å². The van der Waals surface area contributed by atoms with Gasteiger partial charge in [-0.05, 0) is 62.1 Å². The van der Waals surface area contributed by atoms with Crippen molar-refractivity contribution in [3.63, 3.8) is 0 Å². The highest BCUT2D eigenvalue weighted by atomic mass is 16.4. The summed E-state index contributed by atoms with van der Waals surface area (Å²) in [7, 11) is 0. The van der Waals surface area contributed by atoms with E-state index < -0.39 is 109 Å². The Labute approximate surface area is 363 Å². The number of hydrogen-bond donors (Lipinski definition) is 14. The maximum absolute atomic E-state index is 14.1. The van der Waals surface area contributed by atoms with Crippen LogP contribution in [0.1, 0.15) is 77.7 Å². The van der Waals surface area contributed by atoms with Crippen LogP contribution in [0.3, 0.4) is 0 Å². The first-order valence-electron chi connectivity index (χ1n) is 19.9. The molecule has 0 aromatic heterocycles. The van der Waals surface area contributed by atoms with E-state index in [1.807, 2.05) is 0 Å². The summed E-state index contributed by atoms with van der Waals surface area (Å²) >= 11 is 0. The van der Waals surface area contributed by atoms with Gasteiger partial charge in [0.05, 0.1) is 6.42 Å². The SMILES string of the molecule is CC(=O)N[C@@H](CCC(=O)O)C(=O)N[C@@H](CC(=O)O)C(=O)N[C@@H](CCCN=C(N)N)C(=O)N[C@@H](Cc1ccc(O)cc1)C(=O)N[C@@H](CCCN=C(N)N)C(=O)N[C@@H](CC(C)C)C(N)=O. The number of phenolic OH excluding ortho intramolecular Hbond substituents is 1. The molecule has 0 unspecified atom stereocenters. The number of aliphatic imine (C=N–C) groups is 2. The monoisotopic (exact) mass is 891 g/mol. The molecule has 0 spiro atoms. The number of primary amides is 1. The number of carboxylic acids is 2. The number of nitrogens with zero attached hydrogens (tertiary/aromatic N) is 2. The standard InChI is InChI=1S/C38H61N13O12/c1-19(2)16-26(31(39)58)49-32(59)23(6-4-14-44-37(40)41)47-35(62)27(17-21-8-10-22(53)11-9-21)50-33(60)24(7-5-15-45-38(42)43)48-36(63)28(18-30(56)57)51-34(61)25(46-20(3)52)12-13-29(54)55/h8-11,19,23-28,53H,4-7,12-18H2,1-3H3,(H2,39,58)(H,46,52)(H,47,62)(H,48,63)(H,49,59)(H,50,60)(H,51,61)(H,54,55)(H,56,57)(H4,40,41,44)(H4,42,43,45)/t23-,24-,25-,26-,27-,28-/m0/s1. The lowest BCUT2D eigenvalue weighted by Crippen LogP contribution is -2.60. The summed E-state index contributed by atoms with van der Waals surface area (Å²) in [5, 5.41) is 43.1. The Morgan fingerprint density at radius 1 is 0.571 bits per heavy atom. The largest absolute Gasteiger partial charge is 0.508 e. The summed E-state index contributed by atoms with van der Waals surface area (Å²) in [4.78, 5) is 123. The Bertz CT molecular complexity index is 1820. The van der Waals surface area contributed by atoms with Gasteiger partial charge in [-0.3, -0.25) is 53.1 Å². The van der Waals surface area contributed by atoms with Crippen molar-refractivity contribution in [3.8, 4) is 5.75 Å². The molecule has 0 aliphatic heterocycles. The zero-order valence-electron chi connectivity index (χ0n) is 35.4. The van der Waals surface area contributed by atoms with Crippen molar-refractivity contribution in [1.82, 2.24) is 31.9 Å². The minimum Gasteiger partial charge on any atom is -0.508 e. The van der Waals surface area contributed by atoms with Crippen molar-refractivity contribution in [3.05, 3.63) is 29.8 Å². The van der Waals surface area contributed by atoms with Gasteiger partial charge in [0.2, 0.25) is 41.4 Å². The summed E-state index contributed by atoms with van der Waals surface area (Å²) in [5.41, 5.74) is 27.7. The third kappa shape index (κ3) is 22.8. The van der Waals surface area contributed by atoms with E-state index in [9.17, 15) is 53.4 Å². The minimum absolute atomic E-state index is 0.0380. The molecular formula is C38H61N13O12. The summed E-state index contributed by atoms with van der Waals surface area (Å²) in [6.45, 7) is 4.68. The Morgan fingerprint density at radius 2 is 0.984 bits per heavy atom. The van der Waals surface area contributed by atoms with E-state index in [0.717, 1.165) is 6.92 Å². The average molecular weight is 892 g/mol. The predicted octanol–water partition coefficient (Wildman–Crippen LogP) is -4.16. The number of nitrogens with one attached hydrogen (secondary N) is 6. The van der Waals surface area contributed by atoms with Crippen LogP contribution in [0.25, 0.3) is 0 Å². The van der Waals surface area contributed by atoms with Crippen LogP contribution in [0.2, 0.25) is 0 Å². The number of aromatic hydroxyl groups is 1. The van der Waals surface area contributed by atoms with Gasteiger partial charge in [-0.25, -0.2) is 0 Å². The number of amides is 7. The molecule has 63 heavy (non-hydrogen) atoms. The molecule has 0 bridgehead atoms. The van der Waals surface area contributed by atoms with Gasteiger partial charge >= 0.3 is 11.9 Å². The van der Waals surface area contributed by atoms with Gasteiger partial charge in [0.25, 0.3) is 0 Å². The van der Waals surface area contributed by atoms with Crippen LogP contribution in [-0.2, 0) is 49.6 Å². The summed E-state index contributed by atoms with van der Waals surface area (Å²) < 4.78 is 0. The molecule has 7 amide bonds. The number of carbonyl (C=O) groups excluding carboxylic acids is 7. The number of rotatable bonds is 29. The van der Waals surface area contributed by atoms with Crippen molar-refractivity contribution < 1.29 is 58.5 Å². The molecular weight excluding hydrogens is 830 g/mol. The number of hydrogen-bond acceptors (Lipinski definition) is 12. The number of nitrogens with two attached hydrogens (primary N) is 5. The van der Waals surface area contributed by atoms with Gasteiger partial charge < -0.3 is 75.9 Å². The number of guanidine groups is 2. The summed E-state index contributed by atoms with van der Waals surface area (Å²) in [6.07, 6.45) is -2.13. The first-order chi connectivity index (χ1) is 29.5. The Balaban J connectivity index is 3.62. The van der Waals surface area contributed by atoms with Gasteiger partial charge in [-0.1, -0.05) is 26.0 Å². The lowest BCUT2D eigenvalue weighted by Gasteiger charge is -2.27. The van der Waals surface area contributed by atoms with Crippen molar-refractivity contribution in [2.45, 2.75) is 115 Å². The molecule has 19 N–H and O–H groups in total. The van der Waals surface area contributed by atoms with E-state index >= 15 is 0 Å². The zero-order valence-corrected chi connectivity index (χ0v) is 35.4. The molecule has 25 heteroatoms. The average Bonchev–Trinajstić information content (AvgIpc) is 3.17. The molecule has 1 aromatic rings. The molecule has 6 atom stereocenters. The second-order valence-corrected chi connectivity index (χ2v) is 14.9. The first kappa shape index (κ1) is 53.8. The fourth-order valence-electron chi connectivity index (χ4n) is 5.87. The second-order valence-electron chi connectivity index (χ2n) is 14.9. The van der Waals surface area contributed by atoms with Crippen molar-refractivity contribution >= 4 is 65.2 Å². The fraction of sp³-hybridized carbons (Fsp3) is 0.553. The van der Waals surface area contributed by atoms with Gasteiger partial charge in [0.15, 0.2) is 11.9 Å². The van der Waals surface area contributed by atoms with Crippen molar-refractivity contribution in [1.29, 1.82) is 0 Å². The maximum atomic E-state index is 14.1. The molecule has 0 aliphatic rings. The van der Waals surface area contributed by atoms with Gasteiger partial charge in [-0.2, -0.15) is 0 Å². The normalized spacial score (nSPS) is 13.6. The van der Waals surface area contributed by atoms with Crippen LogP contribution in [0, 0.1) is 5.92 Å². The molecule has 0 heterocycles. The first-order valence-corrected chi connectivity index (χ1v) is 19.9. The smallest absolute Gasteiger partial charge is 0.305 e. The molecule has 0 fully saturated rings. The lowest BCUT2D eigenvalue weighted by atomic mass is 10.0. The van der Waals surface area contributed by atoms with Crippen LogP contribution in [0.5, 0.6) is 5.75 Å². The minimum atomic E-state index is -1.86. The van der Waals surface area contributed by atoms with Crippen LogP contribution in [0.15, 0.2) is 34.3 Å². The van der Waals surface area contributed by atoms with Crippen LogP contribution >= 0.6 is 0 Å². The number of carboxylic acid groups (broad SMARTS) is 2.